The van der Waals surface area contributed by atoms with Crippen LogP contribution in [0.1, 0.15) is 36.2 Å². The van der Waals surface area contributed by atoms with Gasteiger partial charge in [0.15, 0.2) is 0 Å². The molecule has 4 heteroatoms. The van der Waals surface area contributed by atoms with E-state index in [1.165, 1.54) is 51.2 Å². The number of hydrogen-bond donors (Lipinski definition) is 1. The van der Waals surface area contributed by atoms with Gasteiger partial charge in [0.1, 0.15) is 0 Å². The van der Waals surface area contributed by atoms with Gasteiger partial charge in [0, 0.05) is 35.0 Å². The van der Waals surface area contributed by atoms with Crippen LogP contribution in [0.25, 0.3) is 0 Å². The lowest BCUT2D eigenvalue weighted by Crippen LogP contribution is -2.35. The first-order valence-electron chi connectivity index (χ1n) is 7.47. The van der Waals surface area contributed by atoms with E-state index in [9.17, 15) is 0 Å². The maximum Gasteiger partial charge on any atom is 0.0331 e. The average Bonchev–Trinajstić information content (AvgIpc) is 2.92. The van der Waals surface area contributed by atoms with Crippen LogP contribution in [-0.4, -0.2) is 42.1 Å². The molecule has 19 heavy (non-hydrogen) atoms. The van der Waals surface area contributed by atoms with Crippen LogP contribution in [0.5, 0.6) is 0 Å². The Morgan fingerprint density at radius 2 is 2.26 bits per heavy atom. The van der Waals surface area contributed by atoms with Crippen LogP contribution >= 0.6 is 23.1 Å². The van der Waals surface area contributed by atoms with E-state index in [1.807, 2.05) is 11.3 Å². The third kappa shape index (κ3) is 3.35. The Bertz CT molecular complexity index is 399. The zero-order chi connectivity index (χ0) is 13.1. The van der Waals surface area contributed by atoms with E-state index >= 15 is 0 Å². The second-order valence-corrected chi connectivity index (χ2v) is 7.99. The summed E-state index contributed by atoms with van der Waals surface area (Å²) in [5.41, 5.74) is 1.59. The van der Waals surface area contributed by atoms with Gasteiger partial charge in [-0.1, -0.05) is 0 Å². The lowest BCUT2D eigenvalue weighted by Gasteiger charge is -2.34. The number of thioether (sulfide) groups is 1. The molecular weight excluding hydrogens is 272 g/mol. The molecule has 106 valence electrons. The number of nitrogens with zero attached hydrogens (tertiary/aromatic N) is 1. The fourth-order valence-electron chi connectivity index (χ4n) is 3.17. The summed E-state index contributed by atoms with van der Waals surface area (Å²) in [6, 6.07) is 2.96. The molecule has 3 heterocycles. The second kappa shape index (κ2) is 6.61. The molecule has 1 N–H and O–H groups in total. The molecule has 0 aliphatic carbocycles. The van der Waals surface area contributed by atoms with Crippen molar-refractivity contribution >= 4 is 23.1 Å². The monoisotopic (exact) mass is 296 g/mol. The zero-order valence-corrected chi connectivity index (χ0v) is 13.4. The molecule has 1 aromatic rings. The van der Waals surface area contributed by atoms with Crippen molar-refractivity contribution < 1.29 is 0 Å². The van der Waals surface area contributed by atoms with E-state index in [4.69, 9.17) is 0 Å². The normalized spacial score (nSPS) is 25.4. The lowest BCUT2D eigenvalue weighted by atomic mass is 10.0. The van der Waals surface area contributed by atoms with Crippen LogP contribution in [0, 0.1) is 0 Å². The number of fused-ring (bicyclic) bond motifs is 1. The first-order valence-corrected chi connectivity index (χ1v) is 9.40. The molecule has 1 saturated heterocycles. The standard InChI is InChI=1S/C15H24N2S2/c1-12-14-5-10-19-15(14)4-8-17(12)9-11-18-13-2-6-16-7-3-13/h5,10,12-13,16H,2-4,6-9,11H2,1H3. The molecule has 3 rings (SSSR count). The zero-order valence-electron chi connectivity index (χ0n) is 11.7. The minimum absolute atomic E-state index is 0.628. The van der Waals surface area contributed by atoms with Gasteiger partial charge in [0.2, 0.25) is 0 Å². The molecule has 0 radical (unpaired) electrons. The number of hydrogen-bond acceptors (Lipinski definition) is 4. The molecule has 2 aliphatic rings. The van der Waals surface area contributed by atoms with Crippen molar-refractivity contribution in [1.29, 1.82) is 0 Å². The first kappa shape index (κ1) is 13.9. The van der Waals surface area contributed by atoms with Crippen molar-refractivity contribution in [3.8, 4) is 0 Å². The Balaban J connectivity index is 1.46. The topological polar surface area (TPSA) is 15.3 Å². The van der Waals surface area contributed by atoms with Crippen molar-refractivity contribution in [3.05, 3.63) is 21.9 Å². The molecule has 2 nitrogen and oxygen atoms in total. The molecule has 0 bridgehead atoms. The number of rotatable bonds is 4. The van der Waals surface area contributed by atoms with E-state index < -0.39 is 0 Å². The van der Waals surface area contributed by atoms with Crippen LogP contribution in [0.2, 0.25) is 0 Å². The van der Waals surface area contributed by atoms with E-state index in [0.717, 1.165) is 5.25 Å². The summed E-state index contributed by atoms with van der Waals surface area (Å²) in [7, 11) is 0. The van der Waals surface area contributed by atoms with Crippen LogP contribution in [0.15, 0.2) is 11.4 Å². The van der Waals surface area contributed by atoms with E-state index in [2.05, 4.69) is 40.3 Å². The number of thiophene rings is 1. The van der Waals surface area contributed by atoms with Gasteiger partial charge in [-0.2, -0.15) is 11.8 Å². The van der Waals surface area contributed by atoms with Crippen LogP contribution < -0.4 is 5.32 Å². The molecule has 1 atom stereocenters. The minimum Gasteiger partial charge on any atom is -0.317 e. The number of nitrogens with one attached hydrogen (secondary N) is 1. The van der Waals surface area contributed by atoms with Gasteiger partial charge in [-0.25, -0.2) is 0 Å². The fourth-order valence-corrected chi connectivity index (χ4v) is 5.37. The third-order valence-electron chi connectivity index (χ3n) is 4.42. The highest BCUT2D eigenvalue weighted by Gasteiger charge is 2.24. The Hall–Kier alpha value is -0.0300. The quantitative estimate of drug-likeness (QED) is 0.919. The summed E-state index contributed by atoms with van der Waals surface area (Å²) in [5, 5.41) is 6.61. The Kier molecular flexibility index (Phi) is 4.85. The highest BCUT2D eigenvalue weighted by atomic mass is 32.2. The second-order valence-electron chi connectivity index (χ2n) is 5.58. The first-order chi connectivity index (χ1) is 9.34. The van der Waals surface area contributed by atoms with Gasteiger partial charge in [0.05, 0.1) is 0 Å². The molecule has 1 aromatic heterocycles. The van der Waals surface area contributed by atoms with Crippen molar-refractivity contribution in [2.45, 2.75) is 37.5 Å². The Morgan fingerprint density at radius 3 is 3.11 bits per heavy atom. The highest BCUT2D eigenvalue weighted by Crippen LogP contribution is 2.33. The summed E-state index contributed by atoms with van der Waals surface area (Å²) in [6.45, 7) is 7.32. The summed E-state index contributed by atoms with van der Waals surface area (Å²) in [5.74, 6) is 1.30. The van der Waals surface area contributed by atoms with Gasteiger partial charge in [0.25, 0.3) is 0 Å². The van der Waals surface area contributed by atoms with Gasteiger partial charge < -0.3 is 5.32 Å². The van der Waals surface area contributed by atoms with Gasteiger partial charge in [-0.05, 0) is 56.3 Å². The van der Waals surface area contributed by atoms with Crippen LogP contribution in [-0.2, 0) is 6.42 Å². The molecule has 1 fully saturated rings. The van der Waals surface area contributed by atoms with Gasteiger partial charge in [-0.15, -0.1) is 11.3 Å². The molecule has 0 spiro atoms. The van der Waals surface area contributed by atoms with Crippen LogP contribution in [0.3, 0.4) is 0 Å². The van der Waals surface area contributed by atoms with E-state index in [-0.39, 0.29) is 0 Å². The third-order valence-corrected chi connectivity index (χ3v) is 6.78. The van der Waals surface area contributed by atoms with Crippen molar-refractivity contribution in [2.24, 2.45) is 0 Å². The number of piperidine rings is 1. The van der Waals surface area contributed by atoms with Crippen molar-refractivity contribution in [3.63, 3.8) is 0 Å². The molecule has 2 aliphatic heterocycles. The summed E-state index contributed by atoms with van der Waals surface area (Å²) < 4.78 is 0. The fraction of sp³-hybridized carbons (Fsp3) is 0.733. The molecule has 0 aromatic carbocycles. The molecule has 1 unspecified atom stereocenters. The maximum atomic E-state index is 3.45. The van der Waals surface area contributed by atoms with Gasteiger partial charge in [-0.3, -0.25) is 4.90 Å². The summed E-state index contributed by atoms with van der Waals surface area (Å²) in [6.07, 6.45) is 3.97. The van der Waals surface area contributed by atoms with Crippen molar-refractivity contribution in [1.82, 2.24) is 10.2 Å². The molecule has 0 amide bonds. The largest absolute Gasteiger partial charge is 0.317 e. The smallest absolute Gasteiger partial charge is 0.0331 e. The van der Waals surface area contributed by atoms with E-state index in [1.54, 1.807) is 10.4 Å². The summed E-state index contributed by atoms with van der Waals surface area (Å²) >= 11 is 4.14. The average molecular weight is 297 g/mol. The molecule has 0 saturated carbocycles. The maximum absolute atomic E-state index is 3.45. The van der Waals surface area contributed by atoms with Gasteiger partial charge >= 0.3 is 0 Å². The predicted octanol–water partition coefficient (Wildman–Crippen LogP) is 3.15. The van der Waals surface area contributed by atoms with Crippen molar-refractivity contribution in [2.75, 3.05) is 31.9 Å². The van der Waals surface area contributed by atoms with E-state index in [0.29, 0.717) is 6.04 Å². The Morgan fingerprint density at radius 1 is 1.42 bits per heavy atom. The SMILES string of the molecule is CC1c2ccsc2CCN1CCSC1CCNCC1. The minimum atomic E-state index is 0.628. The van der Waals surface area contributed by atoms with Crippen LogP contribution in [0.4, 0.5) is 0 Å². The summed E-state index contributed by atoms with van der Waals surface area (Å²) in [4.78, 5) is 4.29. The predicted molar refractivity (Wildman–Crippen MR) is 86.4 cm³/mol. The molecular formula is C15H24N2S2. The lowest BCUT2D eigenvalue weighted by molar-refractivity contribution is 0.213. The Labute approximate surface area is 125 Å². The highest BCUT2D eigenvalue weighted by molar-refractivity contribution is 7.99.